The van der Waals surface area contributed by atoms with Gasteiger partial charge in [-0.1, -0.05) is 24.3 Å². The minimum atomic E-state index is -5.20. The Bertz CT molecular complexity index is 1210. The van der Waals surface area contributed by atoms with Crippen molar-refractivity contribution in [3.8, 4) is 0 Å². The molecule has 40 heavy (non-hydrogen) atoms. The zero-order valence-corrected chi connectivity index (χ0v) is 20.9. The number of nitrogens with two attached hydrogens (primary N) is 4. The first-order valence-electron chi connectivity index (χ1n) is 11.5. The van der Waals surface area contributed by atoms with E-state index in [1.54, 1.807) is 0 Å². The van der Waals surface area contributed by atoms with Crippen molar-refractivity contribution >= 4 is 23.8 Å². The summed E-state index contributed by atoms with van der Waals surface area (Å²) in [5, 5.41) is 2.37. The quantitative estimate of drug-likeness (QED) is 0.119. The van der Waals surface area contributed by atoms with Gasteiger partial charge in [0.15, 0.2) is 5.96 Å². The molecule has 9 N–H and O–H groups in total. The number of nitrogens with one attached hydrogen (secondary N) is 1. The third-order valence-electron chi connectivity index (χ3n) is 5.57. The van der Waals surface area contributed by atoms with Gasteiger partial charge in [0.1, 0.15) is 6.04 Å². The van der Waals surface area contributed by atoms with Crippen molar-refractivity contribution in [1.82, 2.24) is 10.2 Å². The number of rotatable bonds is 11. The van der Waals surface area contributed by atoms with Crippen LogP contribution in [-0.4, -0.2) is 41.3 Å². The predicted octanol–water partition coefficient (Wildman–Crippen LogP) is 2.44. The number of benzene rings is 2. The topological polar surface area (TPSA) is 183 Å². The Morgan fingerprint density at radius 3 is 1.82 bits per heavy atom. The zero-order valence-electron chi connectivity index (χ0n) is 20.9. The molecule has 1 atom stereocenters. The lowest BCUT2D eigenvalue weighted by Crippen LogP contribution is -2.47. The van der Waals surface area contributed by atoms with Gasteiger partial charge >= 0.3 is 18.4 Å². The first-order chi connectivity index (χ1) is 18.5. The highest BCUT2D eigenvalue weighted by atomic mass is 19.4. The number of aliphatic imine (C=N–C) groups is 1. The maximum Gasteiger partial charge on any atom is 0.416 e. The molecule has 0 fully saturated rings. The van der Waals surface area contributed by atoms with Gasteiger partial charge in [-0.3, -0.25) is 14.6 Å². The molecule has 0 radical (unpaired) electrons. The van der Waals surface area contributed by atoms with Gasteiger partial charge in [0.05, 0.1) is 11.1 Å². The summed E-state index contributed by atoms with van der Waals surface area (Å²) >= 11 is 0. The summed E-state index contributed by atoms with van der Waals surface area (Å²) < 4.78 is 80.5. The lowest BCUT2D eigenvalue weighted by atomic mass is 10.0. The fourth-order valence-corrected chi connectivity index (χ4v) is 3.66. The molecule has 16 heteroatoms. The van der Waals surface area contributed by atoms with Crippen LogP contribution in [0.2, 0.25) is 0 Å². The molecule has 0 aromatic heterocycles. The molecule has 0 aliphatic carbocycles. The highest BCUT2D eigenvalue weighted by Gasteiger charge is 2.39. The molecule has 4 amide bonds. The average molecular weight is 576 g/mol. The fourth-order valence-electron chi connectivity index (χ4n) is 3.66. The molecule has 0 unspecified atom stereocenters. The van der Waals surface area contributed by atoms with Gasteiger partial charge < -0.3 is 33.2 Å². The number of guanidine groups is 1. The Balaban J connectivity index is 2.54. The van der Waals surface area contributed by atoms with E-state index in [-0.39, 0.29) is 50.1 Å². The van der Waals surface area contributed by atoms with E-state index >= 15 is 0 Å². The molecule has 218 valence electrons. The largest absolute Gasteiger partial charge is 0.416 e. The van der Waals surface area contributed by atoms with E-state index in [2.05, 4.69) is 10.3 Å². The van der Waals surface area contributed by atoms with Crippen LogP contribution in [0, 0.1) is 0 Å². The number of primary amides is 2. The predicted molar refractivity (Wildman–Crippen MR) is 132 cm³/mol. The fraction of sp³-hybridized carbons (Fsp3) is 0.333. The van der Waals surface area contributed by atoms with Crippen LogP contribution in [0.5, 0.6) is 0 Å². The molecular weight excluding hydrogens is 548 g/mol. The molecule has 10 nitrogen and oxygen atoms in total. The highest BCUT2D eigenvalue weighted by molar-refractivity contribution is 5.97. The Kier molecular flexibility index (Phi) is 10.3. The van der Waals surface area contributed by atoms with Gasteiger partial charge in [-0.2, -0.15) is 26.3 Å². The van der Waals surface area contributed by atoms with Crippen LogP contribution in [0.3, 0.4) is 0 Å². The van der Waals surface area contributed by atoms with Gasteiger partial charge in [-0.25, -0.2) is 4.79 Å². The van der Waals surface area contributed by atoms with E-state index in [0.717, 1.165) is 4.90 Å². The lowest BCUT2D eigenvalue weighted by molar-refractivity contribution is -0.143. The third-order valence-corrected chi connectivity index (χ3v) is 5.57. The maximum absolute atomic E-state index is 13.5. The summed E-state index contributed by atoms with van der Waals surface area (Å²) in [6, 6.07) is 4.29. The molecule has 2 rings (SSSR count). The van der Waals surface area contributed by atoms with Crippen LogP contribution < -0.4 is 28.3 Å². The average Bonchev–Trinajstić information content (AvgIpc) is 2.85. The summed E-state index contributed by atoms with van der Waals surface area (Å²) in [5.41, 5.74) is 17.7. The summed E-state index contributed by atoms with van der Waals surface area (Å²) in [5.74, 6) is -2.59. The van der Waals surface area contributed by atoms with Crippen molar-refractivity contribution in [1.29, 1.82) is 0 Å². The molecule has 0 saturated carbocycles. The molecule has 0 aliphatic rings. The van der Waals surface area contributed by atoms with Crippen LogP contribution in [0.15, 0.2) is 47.5 Å². The second kappa shape index (κ2) is 13.0. The van der Waals surface area contributed by atoms with Crippen LogP contribution in [0.1, 0.15) is 45.5 Å². The van der Waals surface area contributed by atoms with Crippen molar-refractivity contribution in [2.75, 3.05) is 6.54 Å². The number of hydrogen-bond donors (Lipinski definition) is 5. The lowest BCUT2D eigenvalue weighted by Gasteiger charge is -2.30. The number of carbonyl (C=O) groups is 3. The van der Waals surface area contributed by atoms with Crippen molar-refractivity contribution in [3.05, 3.63) is 70.3 Å². The van der Waals surface area contributed by atoms with Crippen molar-refractivity contribution in [2.45, 2.75) is 44.3 Å². The summed E-state index contributed by atoms with van der Waals surface area (Å²) in [6.07, 6.45) is -10.4. The first-order valence-corrected chi connectivity index (χ1v) is 11.5. The Morgan fingerprint density at radius 2 is 1.38 bits per heavy atom. The van der Waals surface area contributed by atoms with Crippen molar-refractivity contribution in [3.63, 3.8) is 0 Å². The number of amides is 4. The number of hydrogen-bond acceptors (Lipinski definition) is 4. The van der Waals surface area contributed by atoms with Gasteiger partial charge in [0.25, 0.3) is 5.91 Å². The van der Waals surface area contributed by atoms with Gasteiger partial charge in [0, 0.05) is 25.2 Å². The normalized spacial score (nSPS) is 12.3. The second-order valence-corrected chi connectivity index (χ2v) is 8.63. The molecule has 0 saturated heterocycles. The minimum Gasteiger partial charge on any atom is -0.370 e. The molecule has 0 bridgehead atoms. The number of nitrogens with zero attached hydrogens (tertiary/aromatic N) is 2. The number of alkyl halides is 6. The van der Waals surface area contributed by atoms with E-state index in [1.165, 1.54) is 24.3 Å². The van der Waals surface area contributed by atoms with E-state index in [9.17, 15) is 40.7 Å². The minimum absolute atomic E-state index is 0.0114. The van der Waals surface area contributed by atoms with E-state index < -0.39 is 59.5 Å². The van der Waals surface area contributed by atoms with E-state index in [0.29, 0.717) is 11.1 Å². The Morgan fingerprint density at radius 1 is 0.850 bits per heavy atom. The maximum atomic E-state index is 13.5. The molecule has 0 spiro atoms. The zero-order chi connectivity index (χ0) is 30.3. The number of urea groups is 1. The third kappa shape index (κ3) is 9.36. The van der Waals surface area contributed by atoms with Gasteiger partial charge in [-0.15, -0.1) is 0 Å². The Hall–Kier alpha value is -4.50. The van der Waals surface area contributed by atoms with E-state index in [1.807, 2.05) is 0 Å². The molecule has 2 aromatic carbocycles. The summed E-state index contributed by atoms with van der Waals surface area (Å²) in [6.45, 7) is -0.329. The van der Waals surface area contributed by atoms with E-state index in [4.69, 9.17) is 22.9 Å². The summed E-state index contributed by atoms with van der Waals surface area (Å²) in [4.78, 5) is 41.3. The summed E-state index contributed by atoms with van der Waals surface area (Å²) in [7, 11) is 0. The van der Waals surface area contributed by atoms with Crippen LogP contribution >= 0.6 is 0 Å². The Labute approximate surface area is 224 Å². The van der Waals surface area contributed by atoms with Crippen molar-refractivity contribution in [2.24, 2.45) is 27.9 Å². The second-order valence-electron chi connectivity index (χ2n) is 8.63. The van der Waals surface area contributed by atoms with Crippen LogP contribution in [-0.2, 0) is 30.2 Å². The first kappa shape index (κ1) is 31.7. The number of halogens is 6. The molecular formula is C24H27F6N7O3. The molecule has 2 aromatic rings. The number of carbonyl (C=O) groups excluding carboxylic acids is 3. The standard InChI is InChI=1S/C24H27F6N7O3/c25-23(26,27)16-8-15(9-17(10-16)24(28,29)30)20(39)37(18(19(31)38)2-1-7-35-21(32)33)12-14-5-3-13(4-6-14)11-36-22(34)40/h3-6,8-10,18H,1-2,7,11-12H2,(H2,31,38)(H4,32,33,35)(H3,34,36,40)/t18-/m1/s1. The van der Waals surface area contributed by atoms with Crippen LogP contribution in [0.4, 0.5) is 31.1 Å². The molecule has 0 aliphatic heterocycles. The smallest absolute Gasteiger partial charge is 0.370 e. The van der Waals surface area contributed by atoms with Gasteiger partial charge in [-0.05, 0) is 42.2 Å². The van der Waals surface area contributed by atoms with Gasteiger partial charge in [0.2, 0.25) is 5.91 Å². The van der Waals surface area contributed by atoms with Crippen LogP contribution in [0.25, 0.3) is 0 Å². The monoisotopic (exact) mass is 575 g/mol. The SMILES string of the molecule is NC(=O)NCc1ccc(CN(C(=O)c2cc(C(F)(F)F)cc(C(F)(F)F)c2)[C@H](CCCN=C(N)N)C(N)=O)cc1. The van der Waals surface area contributed by atoms with Crippen molar-refractivity contribution < 1.29 is 40.7 Å². The molecule has 0 heterocycles. The highest BCUT2D eigenvalue weighted by Crippen LogP contribution is 2.37.